The summed E-state index contributed by atoms with van der Waals surface area (Å²) < 4.78 is 26.0. The number of esters is 1. The predicted octanol–water partition coefficient (Wildman–Crippen LogP) is 7.33. The highest BCUT2D eigenvalue weighted by Crippen LogP contribution is 2.46. The Morgan fingerprint density at radius 1 is 0.886 bits per heavy atom. The molecule has 4 atom stereocenters. The first-order valence-corrected chi connectivity index (χ1v) is 19.0. The van der Waals surface area contributed by atoms with Crippen molar-refractivity contribution in [1.82, 2.24) is 0 Å². The van der Waals surface area contributed by atoms with Crippen molar-refractivity contribution in [3.05, 3.63) is 35.9 Å². The molecule has 0 saturated heterocycles. The highest BCUT2D eigenvalue weighted by atomic mass is 28.4. The van der Waals surface area contributed by atoms with E-state index in [-0.39, 0.29) is 40.3 Å². The minimum atomic E-state index is -2.13. The quantitative estimate of drug-likeness (QED) is 0.238. The molecule has 0 heterocycles. The van der Waals surface area contributed by atoms with E-state index in [0.29, 0.717) is 19.6 Å². The zero-order valence-electron chi connectivity index (χ0n) is 24.1. The number of ether oxygens (including phenoxy) is 2. The minimum Gasteiger partial charge on any atom is -0.466 e. The largest absolute Gasteiger partial charge is 0.466 e. The molecule has 0 aliphatic heterocycles. The number of benzene rings is 1. The predicted molar refractivity (Wildman–Crippen MR) is 149 cm³/mol. The molecule has 0 radical (unpaired) electrons. The lowest BCUT2D eigenvalue weighted by molar-refractivity contribution is -0.145. The maximum absolute atomic E-state index is 12.6. The van der Waals surface area contributed by atoms with Gasteiger partial charge >= 0.3 is 5.97 Å². The third-order valence-electron chi connectivity index (χ3n) is 8.20. The van der Waals surface area contributed by atoms with Crippen molar-refractivity contribution in [3.8, 4) is 0 Å². The fraction of sp³-hybridized carbons (Fsp3) is 0.750. The van der Waals surface area contributed by atoms with Crippen LogP contribution in [-0.4, -0.2) is 47.5 Å². The lowest BCUT2D eigenvalue weighted by atomic mass is 10.0. The van der Waals surface area contributed by atoms with E-state index in [4.69, 9.17) is 18.3 Å². The summed E-state index contributed by atoms with van der Waals surface area (Å²) in [7, 11) is -4.20. The van der Waals surface area contributed by atoms with Crippen LogP contribution in [0.25, 0.3) is 0 Å². The summed E-state index contributed by atoms with van der Waals surface area (Å²) in [6.07, 6.45) is 0.505. The van der Waals surface area contributed by atoms with Crippen LogP contribution < -0.4 is 0 Å². The van der Waals surface area contributed by atoms with Gasteiger partial charge in [0.15, 0.2) is 16.6 Å². The summed E-state index contributed by atoms with van der Waals surface area (Å²) in [5.74, 6) is -0.171. The van der Waals surface area contributed by atoms with Crippen molar-refractivity contribution in [1.29, 1.82) is 0 Å². The van der Waals surface area contributed by atoms with Crippen LogP contribution in [0.2, 0.25) is 36.3 Å². The minimum absolute atomic E-state index is 0.00119. The van der Waals surface area contributed by atoms with Crippen molar-refractivity contribution in [2.45, 2.75) is 122 Å². The topological polar surface area (TPSA) is 54.0 Å². The van der Waals surface area contributed by atoms with Gasteiger partial charge in [0, 0.05) is 0 Å². The van der Waals surface area contributed by atoms with Crippen molar-refractivity contribution in [2.75, 3.05) is 6.61 Å². The molecule has 0 unspecified atom stereocenters. The van der Waals surface area contributed by atoms with Gasteiger partial charge in [-0.25, -0.2) is 0 Å². The molecule has 1 aromatic carbocycles. The number of carbonyl (C=O) groups is 1. The molecule has 0 spiro atoms. The molecule has 2 rings (SSSR count). The molecule has 35 heavy (non-hydrogen) atoms. The second-order valence-electron chi connectivity index (χ2n) is 13.0. The molecule has 0 N–H and O–H groups in total. The lowest BCUT2D eigenvalue weighted by Gasteiger charge is -2.42. The summed E-state index contributed by atoms with van der Waals surface area (Å²) >= 11 is 0. The van der Waals surface area contributed by atoms with Gasteiger partial charge in [-0.15, -0.1) is 0 Å². The maximum Gasteiger partial charge on any atom is 0.306 e. The highest BCUT2D eigenvalue weighted by molar-refractivity contribution is 6.74. The summed E-state index contributed by atoms with van der Waals surface area (Å²) in [5.41, 5.74) is 1.12. The van der Waals surface area contributed by atoms with E-state index in [2.05, 4.69) is 79.9 Å². The van der Waals surface area contributed by atoms with Crippen LogP contribution in [0.3, 0.4) is 0 Å². The fourth-order valence-corrected chi connectivity index (χ4v) is 6.70. The van der Waals surface area contributed by atoms with Crippen LogP contribution in [0, 0.1) is 5.92 Å². The van der Waals surface area contributed by atoms with E-state index in [1.54, 1.807) is 0 Å². The molecule has 1 aromatic rings. The Labute approximate surface area is 216 Å². The molecule has 0 amide bonds. The van der Waals surface area contributed by atoms with Gasteiger partial charge in [-0.2, -0.15) is 0 Å². The summed E-state index contributed by atoms with van der Waals surface area (Å²) in [5, 5.41) is 0.121. The first-order chi connectivity index (χ1) is 16.0. The summed E-state index contributed by atoms with van der Waals surface area (Å²) in [6.45, 7) is 25.3. The monoisotopic (exact) mass is 522 g/mol. The zero-order valence-corrected chi connectivity index (χ0v) is 26.1. The Hall–Kier alpha value is -0.996. The van der Waals surface area contributed by atoms with Crippen molar-refractivity contribution < 1.29 is 23.1 Å². The number of rotatable bonds is 10. The summed E-state index contributed by atoms with van der Waals surface area (Å²) in [6, 6.07) is 10.2. The molecular weight excluding hydrogens is 472 g/mol. The van der Waals surface area contributed by atoms with Gasteiger partial charge in [-0.05, 0) is 61.1 Å². The maximum atomic E-state index is 12.6. The average Bonchev–Trinajstić information content (AvgIpc) is 3.00. The molecule has 1 aliphatic rings. The summed E-state index contributed by atoms with van der Waals surface area (Å²) in [4.78, 5) is 12.6. The van der Waals surface area contributed by atoms with Gasteiger partial charge in [-0.3, -0.25) is 4.79 Å². The van der Waals surface area contributed by atoms with E-state index in [0.717, 1.165) is 12.0 Å². The normalized spacial score (nSPS) is 24.0. The molecular formula is C28H50O5Si2. The van der Waals surface area contributed by atoms with E-state index < -0.39 is 16.6 Å². The molecule has 7 heteroatoms. The Kier molecular flexibility index (Phi) is 10.0. The van der Waals surface area contributed by atoms with Crippen LogP contribution in [0.4, 0.5) is 0 Å². The molecule has 1 saturated carbocycles. The van der Waals surface area contributed by atoms with Gasteiger partial charge in [0.2, 0.25) is 0 Å². The van der Waals surface area contributed by atoms with Crippen LogP contribution in [0.5, 0.6) is 0 Å². The van der Waals surface area contributed by atoms with E-state index in [1.807, 2.05) is 25.1 Å². The second-order valence-corrected chi connectivity index (χ2v) is 22.5. The van der Waals surface area contributed by atoms with E-state index in [1.165, 1.54) is 0 Å². The first kappa shape index (κ1) is 30.2. The molecule has 5 nitrogen and oxygen atoms in total. The number of carbonyl (C=O) groups excluding carboxylic acids is 1. The Bertz CT molecular complexity index is 811. The molecule has 1 fully saturated rings. The number of hydrogen-bond donors (Lipinski definition) is 0. The second kappa shape index (κ2) is 11.6. The zero-order chi connectivity index (χ0) is 26.7. The van der Waals surface area contributed by atoms with Crippen LogP contribution in [-0.2, 0) is 29.7 Å². The molecule has 0 aromatic heterocycles. The fourth-order valence-electron chi connectivity index (χ4n) is 4.00. The Balaban J connectivity index is 2.42. The van der Waals surface area contributed by atoms with Crippen molar-refractivity contribution >= 4 is 22.6 Å². The third-order valence-corrected chi connectivity index (χ3v) is 17.2. The van der Waals surface area contributed by atoms with Gasteiger partial charge < -0.3 is 18.3 Å². The smallest absolute Gasteiger partial charge is 0.306 e. The van der Waals surface area contributed by atoms with Crippen LogP contribution >= 0.6 is 0 Å². The Morgan fingerprint density at radius 2 is 1.43 bits per heavy atom. The van der Waals surface area contributed by atoms with Gasteiger partial charge in [0.1, 0.15) is 6.10 Å². The molecule has 1 aliphatic carbocycles. The third kappa shape index (κ3) is 7.99. The van der Waals surface area contributed by atoms with Gasteiger partial charge in [0.05, 0.1) is 31.8 Å². The SMILES string of the molecule is CCOC(=O)C[C@H]1C[C@H](O[Si](C)(C)C(C)(C)C)[C@H](OCc2ccccc2)[C@@H]1O[Si](C)(C)C(C)(C)C. The first-order valence-electron chi connectivity index (χ1n) is 13.2. The van der Waals surface area contributed by atoms with Gasteiger partial charge in [-0.1, -0.05) is 71.9 Å². The van der Waals surface area contributed by atoms with Crippen molar-refractivity contribution in [3.63, 3.8) is 0 Å². The average molecular weight is 523 g/mol. The van der Waals surface area contributed by atoms with E-state index in [9.17, 15) is 4.79 Å². The Morgan fingerprint density at radius 3 is 1.94 bits per heavy atom. The van der Waals surface area contributed by atoms with Crippen molar-refractivity contribution in [2.24, 2.45) is 5.92 Å². The number of hydrogen-bond acceptors (Lipinski definition) is 5. The molecule has 200 valence electrons. The molecule has 0 bridgehead atoms. The van der Waals surface area contributed by atoms with Crippen LogP contribution in [0.15, 0.2) is 30.3 Å². The standard InChI is InChI=1S/C28H50O5Si2/c1-12-30-24(29)19-22-18-23(32-34(8,9)27(2,3)4)26(31-20-21-16-14-13-15-17-21)25(22)33-35(10,11)28(5,6)7/h13-17,22-23,25-26H,12,18-20H2,1-11H3/t22-,23+,25-,26+/m1/s1. The van der Waals surface area contributed by atoms with Gasteiger partial charge in [0.25, 0.3) is 0 Å². The van der Waals surface area contributed by atoms with Crippen LogP contribution in [0.1, 0.15) is 66.9 Å². The lowest BCUT2D eigenvalue weighted by Crippen LogP contribution is -2.51. The van der Waals surface area contributed by atoms with E-state index >= 15 is 0 Å². The highest BCUT2D eigenvalue weighted by Gasteiger charge is 2.53.